The van der Waals surface area contributed by atoms with Crippen molar-refractivity contribution in [3.05, 3.63) is 47.0 Å². The molecule has 1 fully saturated rings. The number of aromatic amines is 1. The summed E-state index contributed by atoms with van der Waals surface area (Å²) in [5.74, 6) is -0.346. The van der Waals surface area contributed by atoms with Crippen LogP contribution in [-0.4, -0.2) is 39.1 Å². The third kappa shape index (κ3) is 3.13. The number of likely N-dealkylation sites (tertiary alicyclic amines) is 1. The first-order chi connectivity index (χ1) is 11.4. The number of amides is 1. The van der Waals surface area contributed by atoms with E-state index in [4.69, 9.17) is 0 Å². The van der Waals surface area contributed by atoms with Crippen molar-refractivity contribution >= 4 is 5.91 Å². The number of piperidine rings is 1. The molecular weight excluding hydrogens is 321 g/mol. The number of carbonyl (C=O) groups is 1. The first-order valence-electron chi connectivity index (χ1n) is 7.69. The summed E-state index contributed by atoms with van der Waals surface area (Å²) in [6, 6.07) is 2.54. The number of pyridine rings is 1. The number of aromatic nitrogens is 3. The van der Waals surface area contributed by atoms with Crippen LogP contribution in [0.15, 0.2) is 24.5 Å². The SMILES string of the molecule is Cc1[nH]ncc1C1CCN(C(=O)c2cccnc2C(F)(F)F)CC1. The van der Waals surface area contributed by atoms with Gasteiger partial charge in [-0.15, -0.1) is 0 Å². The van der Waals surface area contributed by atoms with Gasteiger partial charge in [0.2, 0.25) is 0 Å². The number of halogens is 3. The number of nitrogens with zero attached hydrogens (tertiary/aromatic N) is 3. The molecule has 2 aromatic rings. The Morgan fingerprint density at radius 2 is 2.04 bits per heavy atom. The van der Waals surface area contributed by atoms with Gasteiger partial charge < -0.3 is 4.90 Å². The van der Waals surface area contributed by atoms with Crippen LogP contribution in [0.5, 0.6) is 0 Å². The molecular formula is C16H17F3N4O. The summed E-state index contributed by atoms with van der Waals surface area (Å²) in [7, 11) is 0. The Kier molecular flexibility index (Phi) is 4.29. The molecule has 0 bridgehead atoms. The summed E-state index contributed by atoms with van der Waals surface area (Å²) in [4.78, 5) is 17.3. The van der Waals surface area contributed by atoms with E-state index in [9.17, 15) is 18.0 Å². The lowest BCUT2D eigenvalue weighted by Crippen LogP contribution is -2.39. The Morgan fingerprint density at radius 3 is 2.62 bits per heavy atom. The zero-order valence-electron chi connectivity index (χ0n) is 13.1. The van der Waals surface area contributed by atoms with Gasteiger partial charge in [0.05, 0.1) is 11.8 Å². The zero-order chi connectivity index (χ0) is 17.3. The topological polar surface area (TPSA) is 61.9 Å². The van der Waals surface area contributed by atoms with E-state index in [0.29, 0.717) is 25.9 Å². The van der Waals surface area contributed by atoms with Crippen molar-refractivity contribution in [2.24, 2.45) is 0 Å². The molecule has 0 aliphatic carbocycles. The largest absolute Gasteiger partial charge is 0.434 e. The van der Waals surface area contributed by atoms with Crippen LogP contribution in [0.4, 0.5) is 13.2 Å². The fourth-order valence-electron chi connectivity index (χ4n) is 3.14. The Bertz CT molecular complexity index is 733. The van der Waals surface area contributed by atoms with Gasteiger partial charge in [0.25, 0.3) is 5.91 Å². The second-order valence-corrected chi connectivity index (χ2v) is 5.91. The highest BCUT2D eigenvalue weighted by molar-refractivity contribution is 5.95. The van der Waals surface area contributed by atoms with Crippen molar-refractivity contribution in [2.75, 3.05) is 13.1 Å². The van der Waals surface area contributed by atoms with Gasteiger partial charge in [-0.05, 0) is 43.4 Å². The number of hydrogen-bond donors (Lipinski definition) is 1. The molecule has 24 heavy (non-hydrogen) atoms. The van der Waals surface area contributed by atoms with Gasteiger partial charge in [-0.1, -0.05) is 0 Å². The number of alkyl halides is 3. The lowest BCUT2D eigenvalue weighted by atomic mass is 9.89. The highest BCUT2D eigenvalue weighted by Crippen LogP contribution is 2.33. The summed E-state index contributed by atoms with van der Waals surface area (Å²) in [5.41, 5.74) is 0.594. The molecule has 2 aromatic heterocycles. The standard InChI is InChI=1S/C16H17F3N4O/c1-10-13(9-21-22-10)11-4-7-23(8-5-11)15(24)12-3-2-6-20-14(12)16(17,18)19/h2-3,6,9,11H,4-5,7-8H2,1H3,(H,21,22). The monoisotopic (exact) mass is 338 g/mol. The molecule has 128 valence electrons. The van der Waals surface area contributed by atoms with E-state index in [1.54, 1.807) is 6.20 Å². The third-order valence-corrected chi connectivity index (χ3v) is 4.40. The van der Waals surface area contributed by atoms with Gasteiger partial charge in [-0.3, -0.25) is 14.9 Å². The molecule has 0 saturated carbocycles. The van der Waals surface area contributed by atoms with Gasteiger partial charge in [0.1, 0.15) is 0 Å². The van der Waals surface area contributed by atoms with Crippen molar-refractivity contribution in [3.63, 3.8) is 0 Å². The Morgan fingerprint density at radius 1 is 1.33 bits per heavy atom. The van der Waals surface area contributed by atoms with Crippen LogP contribution in [0.1, 0.15) is 46.1 Å². The van der Waals surface area contributed by atoms with Crippen LogP contribution in [0.2, 0.25) is 0 Å². The molecule has 0 atom stereocenters. The van der Waals surface area contributed by atoms with Crippen LogP contribution in [0.3, 0.4) is 0 Å². The minimum atomic E-state index is -4.64. The Balaban J connectivity index is 1.74. The molecule has 1 aliphatic rings. The first-order valence-corrected chi connectivity index (χ1v) is 7.69. The predicted molar refractivity (Wildman–Crippen MR) is 80.4 cm³/mol. The molecule has 8 heteroatoms. The summed E-state index contributed by atoms with van der Waals surface area (Å²) in [6.45, 7) is 2.77. The van der Waals surface area contributed by atoms with Crippen molar-refractivity contribution in [1.29, 1.82) is 0 Å². The van der Waals surface area contributed by atoms with Gasteiger partial charge in [-0.2, -0.15) is 18.3 Å². The molecule has 0 unspecified atom stereocenters. The summed E-state index contributed by atoms with van der Waals surface area (Å²) in [5, 5.41) is 6.88. The number of aryl methyl sites for hydroxylation is 1. The maximum atomic E-state index is 13.0. The second kappa shape index (κ2) is 6.26. The molecule has 1 aliphatic heterocycles. The van der Waals surface area contributed by atoms with E-state index in [1.807, 2.05) is 6.92 Å². The zero-order valence-corrected chi connectivity index (χ0v) is 13.1. The van der Waals surface area contributed by atoms with Gasteiger partial charge in [0, 0.05) is 25.0 Å². The number of carbonyl (C=O) groups excluding carboxylic acids is 1. The van der Waals surface area contributed by atoms with Crippen molar-refractivity contribution in [2.45, 2.75) is 31.9 Å². The second-order valence-electron chi connectivity index (χ2n) is 5.91. The normalized spacial score (nSPS) is 16.4. The maximum Gasteiger partial charge on any atom is 0.434 e. The van der Waals surface area contributed by atoms with E-state index < -0.39 is 17.8 Å². The lowest BCUT2D eigenvalue weighted by Gasteiger charge is -2.32. The molecule has 3 heterocycles. The highest BCUT2D eigenvalue weighted by Gasteiger charge is 2.38. The smallest absolute Gasteiger partial charge is 0.339 e. The van der Waals surface area contributed by atoms with Crippen LogP contribution >= 0.6 is 0 Å². The summed E-state index contributed by atoms with van der Waals surface area (Å²) < 4.78 is 39.1. The number of nitrogens with one attached hydrogen (secondary N) is 1. The van der Waals surface area contributed by atoms with Crippen molar-refractivity contribution in [1.82, 2.24) is 20.1 Å². The Labute approximate surface area is 136 Å². The maximum absolute atomic E-state index is 13.0. The predicted octanol–water partition coefficient (Wildman–Crippen LogP) is 3.15. The average Bonchev–Trinajstić information content (AvgIpc) is 2.99. The lowest BCUT2D eigenvalue weighted by molar-refractivity contribution is -0.141. The molecule has 1 N–H and O–H groups in total. The number of rotatable bonds is 2. The summed E-state index contributed by atoms with van der Waals surface area (Å²) in [6.07, 6.45) is -0.409. The Hall–Kier alpha value is -2.38. The number of H-pyrrole nitrogens is 1. The van der Waals surface area contributed by atoms with Crippen LogP contribution in [0, 0.1) is 6.92 Å². The number of hydrogen-bond acceptors (Lipinski definition) is 3. The van der Waals surface area contributed by atoms with Gasteiger partial charge in [-0.25, -0.2) is 0 Å². The fraction of sp³-hybridized carbons (Fsp3) is 0.438. The minimum absolute atomic E-state index is 0.267. The molecule has 0 radical (unpaired) electrons. The fourth-order valence-corrected chi connectivity index (χ4v) is 3.14. The van der Waals surface area contributed by atoms with E-state index in [1.165, 1.54) is 17.0 Å². The molecule has 0 spiro atoms. The molecule has 5 nitrogen and oxygen atoms in total. The van der Waals surface area contributed by atoms with Crippen LogP contribution in [0.25, 0.3) is 0 Å². The van der Waals surface area contributed by atoms with Gasteiger partial charge in [0.15, 0.2) is 5.69 Å². The summed E-state index contributed by atoms with van der Waals surface area (Å²) >= 11 is 0. The molecule has 3 rings (SSSR count). The molecule has 1 saturated heterocycles. The molecule has 0 aromatic carbocycles. The first kappa shape index (κ1) is 16.5. The van der Waals surface area contributed by atoms with Crippen LogP contribution in [-0.2, 0) is 6.18 Å². The quantitative estimate of drug-likeness (QED) is 0.915. The third-order valence-electron chi connectivity index (χ3n) is 4.40. The highest BCUT2D eigenvalue weighted by atomic mass is 19.4. The van der Waals surface area contributed by atoms with E-state index in [0.717, 1.165) is 17.5 Å². The molecule has 1 amide bonds. The van der Waals surface area contributed by atoms with Crippen LogP contribution < -0.4 is 0 Å². The van der Waals surface area contributed by atoms with Crippen molar-refractivity contribution < 1.29 is 18.0 Å². The van der Waals surface area contributed by atoms with E-state index >= 15 is 0 Å². The van der Waals surface area contributed by atoms with E-state index in [-0.39, 0.29) is 11.5 Å². The van der Waals surface area contributed by atoms with E-state index in [2.05, 4.69) is 15.2 Å². The van der Waals surface area contributed by atoms with Crippen molar-refractivity contribution in [3.8, 4) is 0 Å². The minimum Gasteiger partial charge on any atom is -0.339 e. The van der Waals surface area contributed by atoms with Gasteiger partial charge >= 0.3 is 6.18 Å². The average molecular weight is 338 g/mol.